The number of halogens is 1. The van der Waals surface area contributed by atoms with Crippen molar-refractivity contribution >= 4 is 43.5 Å². The second-order valence-corrected chi connectivity index (χ2v) is 15.4. The number of benzene rings is 4. The van der Waals surface area contributed by atoms with Crippen LogP contribution in [0.4, 0.5) is 5.69 Å². The monoisotopic (exact) mass is 703 g/mol. The molecule has 0 spiro atoms. The zero-order chi connectivity index (χ0) is 33.5. The quantitative estimate of drug-likeness (QED) is 0.168. The summed E-state index contributed by atoms with van der Waals surface area (Å²) in [4.78, 5) is 30.2. The van der Waals surface area contributed by atoms with Gasteiger partial charge in [0.2, 0.25) is 11.8 Å². The van der Waals surface area contributed by atoms with Crippen LogP contribution in [0.3, 0.4) is 0 Å². The van der Waals surface area contributed by atoms with Gasteiger partial charge >= 0.3 is 0 Å². The predicted octanol–water partition coefficient (Wildman–Crippen LogP) is 7.32. The topological polar surface area (TPSA) is 86.8 Å². The molecule has 7 nitrogen and oxygen atoms in total. The van der Waals surface area contributed by atoms with Crippen LogP contribution in [0.5, 0.6) is 0 Å². The summed E-state index contributed by atoms with van der Waals surface area (Å²) >= 11 is 3.52. The summed E-state index contributed by atoms with van der Waals surface area (Å²) in [6, 6.07) is 31.4. The van der Waals surface area contributed by atoms with Gasteiger partial charge < -0.3 is 10.2 Å². The first-order valence-corrected chi connectivity index (χ1v) is 17.6. The number of amides is 2. The first kappa shape index (κ1) is 34.9. The molecule has 0 saturated heterocycles. The molecule has 1 atom stereocenters. The Balaban J connectivity index is 1.82. The van der Waals surface area contributed by atoms with E-state index >= 15 is 0 Å². The second kappa shape index (κ2) is 15.1. The highest BCUT2D eigenvalue weighted by molar-refractivity contribution is 9.10. The molecule has 0 aliphatic heterocycles. The molecule has 0 aliphatic rings. The summed E-state index contributed by atoms with van der Waals surface area (Å²) in [6.45, 7) is 9.39. The Kier molecular flexibility index (Phi) is 11.5. The molecule has 242 valence electrons. The van der Waals surface area contributed by atoms with E-state index < -0.39 is 34.1 Å². The number of anilines is 1. The van der Waals surface area contributed by atoms with Crippen LogP contribution in [0, 0.1) is 0 Å². The molecule has 46 heavy (non-hydrogen) atoms. The van der Waals surface area contributed by atoms with E-state index in [2.05, 4.69) is 35.1 Å². The third-order valence-electron chi connectivity index (χ3n) is 7.47. The lowest BCUT2D eigenvalue weighted by molar-refractivity contribution is -0.140. The molecular formula is C37H42BrN3O4S. The lowest BCUT2D eigenvalue weighted by Crippen LogP contribution is -2.56. The van der Waals surface area contributed by atoms with E-state index in [0.29, 0.717) is 5.69 Å². The van der Waals surface area contributed by atoms with Gasteiger partial charge in [0.15, 0.2) is 0 Å². The number of hydrogen-bond donors (Lipinski definition) is 1. The fraction of sp³-hybridized carbons (Fsp3) is 0.297. The van der Waals surface area contributed by atoms with Crippen LogP contribution in [0.25, 0.3) is 0 Å². The van der Waals surface area contributed by atoms with Gasteiger partial charge in [-0.15, -0.1) is 0 Å². The lowest BCUT2D eigenvalue weighted by Gasteiger charge is -2.35. The molecule has 4 aromatic carbocycles. The van der Waals surface area contributed by atoms with Gasteiger partial charge in [-0.05, 0) is 79.8 Å². The van der Waals surface area contributed by atoms with Gasteiger partial charge in [-0.1, -0.05) is 103 Å². The molecule has 4 aromatic rings. The Morgan fingerprint density at radius 3 is 1.96 bits per heavy atom. The minimum Gasteiger partial charge on any atom is -0.350 e. The predicted molar refractivity (Wildman–Crippen MR) is 188 cm³/mol. The average molecular weight is 705 g/mol. The molecule has 0 heterocycles. The Hall–Kier alpha value is -3.95. The summed E-state index contributed by atoms with van der Waals surface area (Å²) in [5.41, 5.74) is 2.52. The summed E-state index contributed by atoms with van der Waals surface area (Å²) in [7, 11) is -4.15. The van der Waals surface area contributed by atoms with Gasteiger partial charge in [-0.2, -0.15) is 0 Å². The molecule has 0 saturated carbocycles. The molecule has 2 amide bonds. The Labute approximate surface area is 281 Å². The number of hydrogen-bond acceptors (Lipinski definition) is 4. The highest BCUT2D eigenvalue weighted by Crippen LogP contribution is 2.27. The summed E-state index contributed by atoms with van der Waals surface area (Å²) in [5.74, 6) is -0.577. The highest BCUT2D eigenvalue weighted by Gasteiger charge is 2.35. The van der Waals surface area contributed by atoms with Gasteiger partial charge in [0.25, 0.3) is 10.0 Å². The number of carbonyl (C=O) groups excluding carboxylic acids is 2. The molecule has 0 bridgehead atoms. The first-order valence-electron chi connectivity index (χ1n) is 15.3. The lowest BCUT2D eigenvalue weighted by atomic mass is 10.0. The highest BCUT2D eigenvalue weighted by atomic mass is 79.9. The second-order valence-electron chi connectivity index (χ2n) is 12.7. The minimum absolute atomic E-state index is 0.0700. The van der Waals surface area contributed by atoms with Gasteiger partial charge in [0.05, 0.1) is 10.6 Å². The van der Waals surface area contributed by atoms with Gasteiger partial charge in [0, 0.05) is 23.0 Å². The number of rotatable bonds is 12. The fourth-order valence-electron chi connectivity index (χ4n) is 5.11. The molecule has 1 N–H and O–H groups in total. The number of sulfonamides is 1. The smallest absolute Gasteiger partial charge is 0.264 e. The van der Waals surface area contributed by atoms with Crippen molar-refractivity contribution in [3.05, 3.63) is 130 Å². The summed E-state index contributed by atoms with van der Waals surface area (Å²) < 4.78 is 30.3. The molecule has 0 aliphatic carbocycles. The van der Waals surface area contributed by atoms with Crippen molar-refractivity contribution in [1.82, 2.24) is 10.2 Å². The van der Waals surface area contributed by atoms with Crippen molar-refractivity contribution in [1.29, 1.82) is 0 Å². The van der Waals surface area contributed by atoms with Crippen LogP contribution in [0.2, 0.25) is 0 Å². The molecule has 0 radical (unpaired) electrons. The third-order valence-corrected chi connectivity index (χ3v) is 9.75. The zero-order valence-corrected chi connectivity index (χ0v) is 29.4. The van der Waals surface area contributed by atoms with Crippen molar-refractivity contribution < 1.29 is 18.0 Å². The minimum atomic E-state index is -4.15. The normalized spacial score (nSPS) is 12.4. The average Bonchev–Trinajstić information content (AvgIpc) is 3.01. The van der Waals surface area contributed by atoms with E-state index in [1.54, 1.807) is 30.3 Å². The molecule has 9 heteroatoms. The van der Waals surface area contributed by atoms with Crippen molar-refractivity contribution in [3.63, 3.8) is 0 Å². The molecular weight excluding hydrogens is 662 g/mol. The van der Waals surface area contributed by atoms with Crippen LogP contribution in [-0.4, -0.2) is 43.3 Å². The van der Waals surface area contributed by atoms with Gasteiger partial charge in [-0.25, -0.2) is 8.42 Å². The van der Waals surface area contributed by atoms with Crippen molar-refractivity contribution in [2.24, 2.45) is 0 Å². The Bertz CT molecular complexity index is 1720. The maximum Gasteiger partial charge on any atom is 0.264 e. The molecule has 0 unspecified atom stereocenters. The van der Waals surface area contributed by atoms with Crippen LogP contribution in [-0.2, 0) is 32.6 Å². The van der Waals surface area contributed by atoms with Gasteiger partial charge in [0.1, 0.15) is 12.6 Å². The van der Waals surface area contributed by atoms with Gasteiger partial charge in [-0.3, -0.25) is 13.9 Å². The number of nitrogens with zero attached hydrogens (tertiary/aromatic N) is 2. The van der Waals surface area contributed by atoms with Crippen molar-refractivity contribution in [3.8, 4) is 0 Å². The van der Waals surface area contributed by atoms with E-state index in [4.69, 9.17) is 0 Å². The van der Waals surface area contributed by atoms with E-state index in [0.717, 1.165) is 25.5 Å². The van der Waals surface area contributed by atoms with Crippen LogP contribution >= 0.6 is 15.9 Å². The summed E-state index contributed by atoms with van der Waals surface area (Å²) in [6.07, 6.45) is 0.247. The van der Waals surface area contributed by atoms with Crippen LogP contribution in [0.1, 0.15) is 57.2 Å². The van der Waals surface area contributed by atoms with E-state index in [9.17, 15) is 18.0 Å². The Morgan fingerprint density at radius 1 is 0.804 bits per heavy atom. The van der Waals surface area contributed by atoms with Crippen molar-refractivity contribution in [2.45, 2.75) is 70.0 Å². The molecule has 4 rings (SSSR count). The number of nitrogens with one attached hydrogen (secondary N) is 1. The van der Waals surface area contributed by atoms with E-state index in [1.165, 1.54) is 17.0 Å². The SMILES string of the molecule is CC(C)c1ccc(N(CC(=O)N(Cc2cccc(Br)c2)[C@H](Cc2ccccc2)C(=O)NC(C)(C)C)S(=O)(=O)c2ccccc2)cc1. The zero-order valence-electron chi connectivity index (χ0n) is 27.0. The standard InChI is InChI=1S/C37H42BrN3O4S/c1-27(2)30-19-21-32(22-20-30)41(46(44,45)33-17-10-7-11-18-33)26-35(42)40(25-29-15-12-16-31(38)23-29)34(36(43)39-37(3,4)5)24-28-13-8-6-9-14-28/h6-23,27,34H,24-26H2,1-5H3,(H,39,43)/t34-/m1/s1. The number of carbonyl (C=O) groups is 2. The van der Waals surface area contributed by atoms with E-state index in [1.807, 2.05) is 87.5 Å². The van der Waals surface area contributed by atoms with Crippen molar-refractivity contribution in [2.75, 3.05) is 10.8 Å². The van der Waals surface area contributed by atoms with E-state index in [-0.39, 0.29) is 29.7 Å². The Morgan fingerprint density at radius 2 is 1.39 bits per heavy atom. The third kappa shape index (κ3) is 9.30. The maximum absolute atomic E-state index is 14.6. The fourth-order valence-corrected chi connectivity index (χ4v) is 6.99. The largest absolute Gasteiger partial charge is 0.350 e. The summed E-state index contributed by atoms with van der Waals surface area (Å²) in [5, 5.41) is 3.06. The van der Waals surface area contributed by atoms with Crippen LogP contribution in [0.15, 0.2) is 119 Å². The van der Waals surface area contributed by atoms with Crippen LogP contribution < -0.4 is 9.62 Å². The first-order chi connectivity index (χ1) is 21.7. The molecule has 0 fully saturated rings. The molecule has 0 aromatic heterocycles. The maximum atomic E-state index is 14.6.